The van der Waals surface area contributed by atoms with Crippen LogP contribution in [0.1, 0.15) is 24.1 Å². The van der Waals surface area contributed by atoms with Gasteiger partial charge in [0.05, 0.1) is 7.11 Å². The topological polar surface area (TPSA) is 34.1 Å². The molecule has 0 aliphatic heterocycles. The standard InChI is InChI=1S/C21H22N2O/c1-16(23-15-17-11-13-22-14-12-17)18-7-9-19(10-8-18)20-5-3-4-6-21(20)24-2/h3-14,16,23H,15H2,1-2H3/t16-/m0/s1. The summed E-state index contributed by atoms with van der Waals surface area (Å²) in [6.45, 7) is 3.01. The molecular weight excluding hydrogens is 296 g/mol. The van der Waals surface area contributed by atoms with E-state index in [1.165, 1.54) is 11.1 Å². The summed E-state index contributed by atoms with van der Waals surface area (Å²) in [4.78, 5) is 4.05. The minimum Gasteiger partial charge on any atom is -0.496 e. The number of benzene rings is 2. The quantitative estimate of drug-likeness (QED) is 0.721. The summed E-state index contributed by atoms with van der Waals surface area (Å²) < 4.78 is 5.45. The van der Waals surface area contributed by atoms with E-state index in [4.69, 9.17) is 4.74 Å². The second-order valence-corrected chi connectivity index (χ2v) is 5.78. The molecular formula is C21H22N2O. The summed E-state index contributed by atoms with van der Waals surface area (Å²) in [6.07, 6.45) is 3.65. The van der Waals surface area contributed by atoms with Gasteiger partial charge in [-0.1, -0.05) is 42.5 Å². The molecule has 0 radical (unpaired) electrons. The molecule has 0 fully saturated rings. The van der Waals surface area contributed by atoms with E-state index in [2.05, 4.69) is 47.6 Å². The van der Waals surface area contributed by atoms with E-state index >= 15 is 0 Å². The smallest absolute Gasteiger partial charge is 0.126 e. The Kier molecular flexibility index (Phi) is 5.24. The van der Waals surface area contributed by atoms with E-state index in [9.17, 15) is 0 Å². The van der Waals surface area contributed by atoms with Gasteiger partial charge in [-0.2, -0.15) is 0 Å². The van der Waals surface area contributed by atoms with Crippen LogP contribution in [0, 0.1) is 0 Å². The van der Waals surface area contributed by atoms with Crippen molar-refractivity contribution in [2.45, 2.75) is 19.5 Å². The third kappa shape index (κ3) is 3.81. The van der Waals surface area contributed by atoms with E-state index in [-0.39, 0.29) is 6.04 Å². The lowest BCUT2D eigenvalue weighted by Crippen LogP contribution is -2.17. The molecule has 0 spiro atoms. The molecule has 122 valence electrons. The van der Waals surface area contributed by atoms with Gasteiger partial charge in [-0.05, 0) is 41.8 Å². The number of nitrogens with one attached hydrogen (secondary N) is 1. The van der Waals surface area contributed by atoms with Crippen LogP contribution in [0.4, 0.5) is 0 Å². The molecule has 0 unspecified atom stereocenters. The highest BCUT2D eigenvalue weighted by Crippen LogP contribution is 2.30. The van der Waals surface area contributed by atoms with Gasteiger partial charge < -0.3 is 10.1 Å². The first-order chi connectivity index (χ1) is 11.8. The highest BCUT2D eigenvalue weighted by molar-refractivity contribution is 5.70. The van der Waals surface area contributed by atoms with Crippen molar-refractivity contribution in [2.24, 2.45) is 0 Å². The number of hydrogen-bond acceptors (Lipinski definition) is 3. The Morgan fingerprint density at radius 1 is 0.958 bits per heavy atom. The summed E-state index contributed by atoms with van der Waals surface area (Å²) in [5.41, 5.74) is 4.78. The Morgan fingerprint density at radius 2 is 1.67 bits per heavy atom. The van der Waals surface area contributed by atoms with E-state index in [0.717, 1.165) is 23.4 Å². The zero-order chi connectivity index (χ0) is 16.8. The van der Waals surface area contributed by atoms with Gasteiger partial charge in [0, 0.05) is 30.5 Å². The van der Waals surface area contributed by atoms with Gasteiger partial charge in [0.15, 0.2) is 0 Å². The molecule has 3 rings (SSSR count). The molecule has 0 saturated carbocycles. The summed E-state index contributed by atoms with van der Waals surface area (Å²) in [5, 5.41) is 3.54. The van der Waals surface area contributed by atoms with Crippen LogP contribution in [0.5, 0.6) is 5.75 Å². The monoisotopic (exact) mass is 318 g/mol. The Bertz CT molecular complexity index is 769. The van der Waals surface area contributed by atoms with Crippen LogP contribution >= 0.6 is 0 Å². The van der Waals surface area contributed by atoms with Gasteiger partial charge in [0.25, 0.3) is 0 Å². The Balaban J connectivity index is 1.70. The highest BCUT2D eigenvalue weighted by atomic mass is 16.5. The Labute approximate surface area is 143 Å². The van der Waals surface area contributed by atoms with E-state index in [1.54, 1.807) is 7.11 Å². The first-order valence-corrected chi connectivity index (χ1v) is 8.13. The Morgan fingerprint density at radius 3 is 2.38 bits per heavy atom. The summed E-state index contributed by atoms with van der Waals surface area (Å²) in [6, 6.07) is 21.1. The molecule has 0 saturated heterocycles. The fourth-order valence-corrected chi connectivity index (χ4v) is 2.72. The molecule has 2 aromatic carbocycles. The molecule has 3 nitrogen and oxygen atoms in total. The lowest BCUT2D eigenvalue weighted by atomic mass is 10.0. The van der Waals surface area contributed by atoms with Crippen molar-refractivity contribution in [3.8, 4) is 16.9 Å². The second-order valence-electron chi connectivity index (χ2n) is 5.78. The summed E-state index contributed by atoms with van der Waals surface area (Å²) >= 11 is 0. The van der Waals surface area contributed by atoms with Crippen LogP contribution in [0.3, 0.4) is 0 Å². The maximum absolute atomic E-state index is 5.45. The van der Waals surface area contributed by atoms with Crippen molar-refractivity contribution in [3.63, 3.8) is 0 Å². The molecule has 3 heteroatoms. The van der Waals surface area contributed by atoms with Crippen molar-refractivity contribution in [1.29, 1.82) is 0 Å². The molecule has 1 heterocycles. The molecule has 0 bridgehead atoms. The van der Waals surface area contributed by atoms with Gasteiger partial charge in [0.1, 0.15) is 5.75 Å². The largest absolute Gasteiger partial charge is 0.496 e. The maximum atomic E-state index is 5.45. The lowest BCUT2D eigenvalue weighted by Gasteiger charge is -2.15. The third-order valence-electron chi connectivity index (χ3n) is 4.19. The number of pyridine rings is 1. The van der Waals surface area contributed by atoms with Crippen molar-refractivity contribution >= 4 is 0 Å². The van der Waals surface area contributed by atoms with Gasteiger partial charge in [-0.3, -0.25) is 4.98 Å². The van der Waals surface area contributed by atoms with Crippen LogP contribution < -0.4 is 10.1 Å². The van der Waals surface area contributed by atoms with E-state index < -0.39 is 0 Å². The van der Waals surface area contributed by atoms with Crippen LogP contribution in [0.15, 0.2) is 73.1 Å². The number of rotatable bonds is 6. The molecule has 1 N–H and O–H groups in total. The van der Waals surface area contributed by atoms with Crippen LogP contribution in [0.2, 0.25) is 0 Å². The predicted octanol–water partition coefficient (Wildman–Crippen LogP) is 4.61. The van der Waals surface area contributed by atoms with Gasteiger partial charge in [0.2, 0.25) is 0 Å². The van der Waals surface area contributed by atoms with E-state index in [0.29, 0.717) is 0 Å². The van der Waals surface area contributed by atoms with Gasteiger partial charge >= 0.3 is 0 Å². The molecule has 1 aromatic heterocycles. The first kappa shape index (κ1) is 16.2. The average Bonchev–Trinajstić information content (AvgIpc) is 2.67. The molecule has 3 aromatic rings. The molecule has 0 aliphatic rings. The summed E-state index contributed by atoms with van der Waals surface area (Å²) in [7, 11) is 1.71. The molecule has 24 heavy (non-hydrogen) atoms. The van der Waals surface area contributed by atoms with Crippen molar-refractivity contribution in [1.82, 2.24) is 10.3 Å². The fourth-order valence-electron chi connectivity index (χ4n) is 2.72. The minimum absolute atomic E-state index is 0.282. The minimum atomic E-state index is 0.282. The number of ether oxygens (including phenoxy) is 1. The van der Waals surface area contributed by atoms with Gasteiger partial charge in [-0.25, -0.2) is 0 Å². The number of methoxy groups -OCH3 is 1. The van der Waals surface area contributed by atoms with Gasteiger partial charge in [-0.15, -0.1) is 0 Å². The lowest BCUT2D eigenvalue weighted by molar-refractivity contribution is 0.416. The van der Waals surface area contributed by atoms with Crippen molar-refractivity contribution in [3.05, 3.63) is 84.2 Å². The zero-order valence-electron chi connectivity index (χ0n) is 14.1. The average molecular weight is 318 g/mol. The van der Waals surface area contributed by atoms with E-state index in [1.807, 2.05) is 42.7 Å². The van der Waals surface area contributed by atoms with Crippen LogP contribution in [-0.2, 0) is 6.54 Å². The van der Waals surface area contributed by atoms with Crippen LogP contribution in [-0.4, -0.2) is 12.1 Å². The first-order valence-electron chi connectivity index (χ1n) is 8.13. The van der Waals surface area contributed by atoms with Crippen LogP contribution in [0.25, 0.3) is 11.1 Å². The number of nitrogens with zero attached hydrogens (tertiary/aromatic N) is 1. The predicted molar refractivity (Wildman–Crippen MR) is 97.9 cm³/mol. The normalized spacial score (nSPS) is 11.9. The Hall–Kier alpha value is -2.65. The maximum Gasteiger partial charge on any atom is 0.126 e. The number of hydrogen-bond donors (Lipinski definition) is 1. The highest BCUT2D eigenvalue weighted by Gasteiger charge is 2.08. The molecule has 1 atom stereocenters. The SMILES string of the molecule is COc1ccccc1-c1ccc([C@H](C)NCc2ccncc2)cc1. The number of aromatic nitrogens is 1. The second kappa shape index (κ2) is 7.75. The zero-order valence-corrected chi connectivity index (χ0v) is 14.1. The number of para-hydroxylation sites is 1. The molecule has 0 amide bonds. The molecule has 0 aliphatic carbocycles. The van der Waals surface area contributed by atoms with Crippen molar-refractivity contribution < 1.29 is 4.74 Å². The fraction of sp³-hybridized carbons (Fsp3) is 0.190. The van der Waals surface area contributed by atoms with Crippen molar-refractivity contribution in [2.75, 3.05) is 7.11 Å². The summed E-state index contributed by atoms with van der Waals surface area (Å²) in [5.74, 6) is 0.897. The third-order valence-corrected chi connectivity index (χ3v) is 4.19.